The maximum absolute atomic E-state index is 12.0. The van der Waals surface area contributed by atoms with Gasteiger partial charge in [-0.05, 0) is 42.0 Å². The van der Waals surface area contributed by atoms with Crippen LogP contribution in [0.1, 0.15) is 31.7 Å². The second kappa shape index (κ2) is 6.88. The molecule has 0 radical (unpaired) electrons. The van der Waals surface area contributed by atoms with Gasteiger partial charge in [0.25, 0.3) is 0 Å². The number of anilines is 1. The van der Waals surface area contributed by atoms with Gasteiger partial charge in [-0.1, -0.05) is 13.0 Å². The molecule has 1 saturated carbocycles. The Kier molecular flexibility index (Phi) is 4.40. The molecule has 3 heterocycles. The first kappa shape index (κ1) is 17.3. The van der Waals surface area contributed by atoms with Crippen molar-refractivity contribution in [3.8, 4) is 6.07 Å². The first-order valence-corrected chi connectivity index (χ1v) is 9.19. The standard InChI is InChI=1S/C20H21N5O2/c1-13-11-24(19(27)4-7-21)9-6-15(13)17-10-18(25(12-26)14-2-3-14)23-20-16(17)5-8-22-20/h5-6,8,10,12-14H,2-4,9,11H2,1H3,(H,22,23)/t13-/m0/s1. The fourth-order valence-corrected chi connectivity index (χ4v) is 3.75. The van der Waals surface area contributed by atoms with Crippen molar-refractivity contribution >= 4 is 34.7 Å². The van der Waals surface area contributed by atoms with E-state index in [9.17, 15) is 9.59 Å². The molecule has 1 fully saturated rings. The number of hydrogen-bond donors (Lipinski definition) is 1. The van der Waals surface area contributed by atoms with E-state index < -0.39 is 0 Å². The highest BCUT2D eigenvalue weighted by Crippen LogP contribution is 2.36. The third-order valence-electron chi connectivity index (χ3n) is 5.28. The number of pyridine rings is 1. The number of aromatic amines is 1. The Morgan fingerprint density at radius 1 is 1.52 bits per heavy atom. The molecule has 2 amide bonds. The van der Waals surface area contributed by atoms with Crippen LogP contribution in [-0.2, 0) is 9.59 Å². The molecule has 2 aromatic rings. The van der Waals surface area contributed by atoms with E-state index in [1.165, 1.54) is 0 Å². The molecule has 1 aliphatic carbocycles. The maximum Gasteiger partial charge on any atom is 0.237 e. The zero-order chi connectivity index (χ0) is 19.0. The van der Waals surface area contributed by atoms with E-state index in [0.29, 0.717) is 18.9 Å². The number of nitriles is 1. The molecule has 7 nitrogen and oxygen atoms in total. The summed E-state index contributed by atoms with van der Waals surface area (Å²) in [5, 5.41) is 9.77. The highest BCUT2D eigenvalue weighted by atomic mass is 16.2. The number of H-pyrrole nitrogens is 1. The van der Waals surface area contributed by atoms with Crippen molar-refractivity contribution < 1.29 is 9.59 Å². The minimum absolute atomic E-state index is 0.0902. The summed E-state index contributed by atoms with van der Waals surface area (Å²) in [6, 6.07) is 6.14. The lowest BCUT2D eigenvalue weighted by molar-refractivity contribution is -0.130. The van der Waals surface area contributed by atoms with Crippen LogP contribution in [0.4, 0.5) is 5.82 Å². The molecule has 1 N–H and O–H groups in total. The molecule has 0 saturated heterocycles. The van der Waals surface area contributed by atoms with Crippen LogP contribution < -0.4 is 4.90 Å². The average Bonchev–Trinajstić information content (AvgIpc) is 3.38. The molecular formula is C20H21N5O2. The van der Waals surface area contributed by atoms with Crippen molar-refractivity contribution in [1.29, 1.82) is 5.26 Å². The Hall–Kier alpha value is -3.14. The predicted octanol–water partition coefficient (Wildman–Crippen LogP) is 2.46. The van der Waals surface area contributed by atoms with E-state index in [1.807, 2.05) is 24.4 Å². The van der Waals surface area contributed by atoms with Gasteiger partial charge < -0.3 is 9.88 Å². The largest absolute Gasteiger partial charge is 0.346 e. The number of carbonyl (C=O) groups is 2. The van der Waals surface area contributed by atoms with Crippen LogP contribution in [-0.4, -0.2) is 46.3 Å². The molecule has 0 aromatic carbocycles. The molecule has 27 heavy (non-hydrogen) atoms. The summed E-state index contributed by atoms with van der Waals surface area (Å²) in [6.07, 6.45) is 6.69. The molecular weight excluding hydrogens is 342 g/mol. The van der Waals surface area contributed by atoms with Crippen LogP contribution in [0.15, 0.2) is 24.4 Å². The van der Waals surface area contributed by atoms with Crippen LogP contribution in [0.5, 0.6) is 0 Å². The topological polar surface area (TPSA) is 93.1 Å². The predicted molar refractivity (Wildman–Crippen MR) is 102 cm³/mol. The van der Waals surface area contributed by atoms with Crippen molar-refractivity contribution in [1.82, 2.24) is 14.9 Å². The van der Waals surface area contributed by atoms with Gasteiger partial charge in [0.15, 0.2) is 0 Å². The fourth-order valence-electron chi connectivity index (χ4n) is 3.75. The third-order valence-corrected chi connectivity index (χ3v) is 5.28. The first-order chi connectivity index (χ1) is 13.1. The monoisotopic (exact) mass is 363 g/mol. The van der Waals surface area contributed by atoms with E-state index in [-0.39, 0.29) is 24.3 Å². The first-order valence-electron chi connectivity index (χ1n) is 9.19. The SMILES string of the molecule is C[C@H]1CN(C(=O)CC#N)CC=C1c1cc(N(C=O)C2CC2)nc2[nH]ccc12. The van der Waals surface area contributed by atoms with Crippen LogP contribution in [0.3, 0.4) is 0 Å². The van der Waals surface area contributed by atoms with Gasteiger partial charge >= 0.3 is 0 Å². The number of amides is 2. The van der Waals surface area contributed by atoms with Crippen LogP contribution in [0.2, 0.25) is 0 Å². The van der Waals surface area contributed by atoms with Crippen LogP contribution in [0.25, 0.3) is 16.6 Å². The second-order valence-electron chi connectivity index (χ2n) is 7.21. The Balaban J connectivity index is 1.72. The average molecular weight is 363 g/mol. The summed E-state index contributed by atoms with van der Waals surface area (Å²) in [6.45, 7) is 3.15. The van der Waals surface area contributed by atoms with Gasteiger partial charge in [0.1, 0.15) is 17.9 Å². The molecule has 4 rings (SSSR count). The quantitative estimate of drug-likeness (QED) is 0.826. The molecule has 0 unspecified atom stereocenters. The highest BCUT2D eigenvalue weighted by molar-refractivity contribution is 5.94. The van der Waals surface area contributed by atoms with Crippen molar-refractivity contribution in [2.45, 2.75) is 32.2 Å². The van der Waals surface area contributed by atoms with Gasteiger partial charge in [0.05, 0.1) is 6.07 Å². The number of aromatic nitrogens is 2. The maximum atomic E-state index is 12.0. The van der Waals surface area contributed by atoms with Crippen molar-refractivity contribution in [2.75, 3.05) is 18.0 Å². The molecule has 138 valence electrons. The molecule has 1 atom stereocenters. The van der Waals surface area contributed by atoms with E-state index in [1.54, 1.807) is 9.80 Å². The molecule has 1 aliphatic heterocycles. The summed E-state index contributed by atoms with van der Waals surface area (Å²) >= 11 is 0. The van der Waals surface area contributed by atoms with Gasteiger partial charge in [0.2, 0.25) is 12.3 Å². The lowest BCUT2D eigenvalue weighted by Gasteiger charge is -2.31. The minimum Gasteiger partial charge on any atom is -0.346 e. The Morgan fingerprint density at radius 3 is 3.00 bits per heavy atom. The summed E-state index contributed by atoms with van der Waals surface area (Å²) in [5.41, 5.74) is 2.95. The molecule has 7 heteroatoms. The number of fused-ring (bicyclic) bond motifs is 1. The Bertz CT molecular complexity index is 966. The summed E-state index contributed by atoms with van der Waals surface area (Å²) in [7, 11) is 0. The van der Waals surface area contributed by atoms with Gasteiger partial charge in [-0.25, -0.2) is 4.98 Å². The zero-order valence-electron chi connectivity index (χ0n) is 15.2. The van der Waals surface area contributed by atoms with E-state index in [4.69, 9.17) is 5.26 Å². The number of nitrogens with one attached hydrogen (secondary N) is 1. The van der Waals surface area contributed by atoms with Crippen LogP contribution in [0, 0.1) is 17.2 Å². The summed E-state index contributed by atoms with van der Waals surface area (Å²) in [4.78, 5) is 34.8. The Labute approximate surface area is 157 Å². The van der Waals surface area contributed by atoms with Crippen molar-refractivity contribution in [3.05, 3.63) is 30.0 Å². The normalized spacial score (nSPS) is 19.5. The van der Waals surface area contributed by atoms with E-state index >= 15 is 0 Å². The summed E-state index contributed by atoms with van der Waals surface area (Å²) < 4.78 is 0. The van der Waals surface area contributed by atoms with Gasteiger partial charge in [-0.3, -0.25) is 14.5 Å². The van der Waals surface area contributed by atoms with Gasteiger partial charge in [0, 0.05) is 30.7 Å². The van der Waals surface area contributed by atoms with Gasteiger partial charge in [-0.15, -0.1) is 0 Å². The van der Waals surface area contributed by atoms with Crippen molar-refractivity contribution in [3.63, 3.8) is 0 Å². The Morgan fingerprint density at radius 2 is 2.33 bits per heavy atom. The van der Waals surface area contributed by atoms with Gasteiger partial charge in [-0.2, -0.15) is 5.26 Å². The summed E-state index contributed by atoms with van der Waals surface area (Å²) in [5.74, 6) is 0.650. The molecule has 0 bridgehead atoms. The molecule has 2 aliphatic rings. The fraction of sp³-hybridized carbons (Fsp3) is 0.400. The molecule has 0 spiro atoms. The van der Waals surface area contributed by atoms with Crippen LogP contribution >= 0.6 is 0 Å². The zero-order valence-corrected chi connectivity index (χ0v) is 15.2. The second-order valence-corrected chi connectivity index (χ2v) is 7.21. The lowest BCUT2D eigenvalue weighted by atomic mass is 9.89. The van der Waals surface area contributed by atoms with E-state index in [2.05, 4.69) is 23.0 Å². The van der Waals surface area contributed by atoms with Crippen molar-refractivity contribution in [2.24, 2.45) is 5.92 Å². The number of carbonyl (C=O) groups excluding carboxylic acids is 2. The minimum atomic E-state index is -0.136. The lowest BCUT2D eigenvalue weighted by Crippen LogP contribution is -2.38. The smallest absolute Gasteiger partial charge is 0.237 e. The number of rotatable bonds is 5. The molecule has 2 aromatic heterocycles. The number of nitrogens with zero attached hydrogens (tertiary/aromatic N) is 4. The number of hydrogen-bond acceptors (Lipinski definition) is 4. The third kappa shape index (κ3) is 3.19. The highest BCUT2D eigenvalue weighted by Gasteiger charge is 2.31. The van der Waals surface area contributed by atoms with E-state index in [0.717, 1.165) is 41.4 Å².